The zero-order chi connectivity index (χ0) is 16.8. The first-order chi connectivity index (χ1) is 11.0. The minimum absolute atomic E-state index is 0.0118. The normalized spacial score (nSPS) is 10.4. The van der Waals surface area contributed by atoms with E-state index in [2.05, 4.69) is 5.32 Å². The molecule has 2 aromatic carbocycles. The molecule has 0 aromatic heterocycles. The fourth-order valence-corrected chi connectivity index (χ4v) is 1.87. The van der Waals surface area contributed by atoms with Gasteiger partial charge >= 0.3 is 0 Å². The summed E-state index contributed by atoms with van der Waals surface area (Å²) in [5, 5.41) is 2.29. The van der Waals surface area contributed by atoms with E-state index in [0.29, 0.717) is 5.56 Å². The second-order valence-corrected chi connectivity index (χ2v) is 4.72. The second-order valence-electron chi connectivity index (χ2n) is 4.72. The van der Waals surface area contributed by atoms with Gasteiger partial charge in [0.25, 0.3) is 5.91 Å². The van der Waals surface area contributed by atoms with Gasteiger partial charge in [0.15, 0.2) is 0 Å². The number of carbonyl (C=O) groups is 1. The van der Waals surface area contributed by atoms with Crippen LogP contribution in [0.1, 0.15) is 15.9 Å². The molecule has 0 spiro atoms. The summed E-state index contributed by atoms with van der Waals surface area (Å²) in [4.78, 5) is 11.6. The molecule has 0 radical (unpaired) electrons. The van der Waals surface area contributed by atoms with E-state index >= 15 is 0 Å². The topological polar surface area (TPSA) is 64.3 Å². The number of halogens is 3. The Morgan fingerprint density at radius 3 is 2.26 bits per heavy atom. The number of rotatable bonds is 6. The molecule has 122 valence electrons. The van der Waals surface area contributed by atoms with E-state index in [1.165, 1.54) is 24.3 Å². The summed E-state index contributed by atoms with van der Waals surface area (Å²) in [6, 6.07) is 7.34. The maximum atomic E-state index is 13.9. The first-order valence-electron chi connectivity index (χ1n) is 6.86. The summed E-state index contributed by atoms with van der Waals surface area (Å²) in [5.41, 5.74) is 5.16. The standard InChI is InChI=1S/C16H15F3N2O2/c17-11-3-1-10(2-4-11)9-23-12-7-13(18)15(14(19)8-12)16(22)21-6-5-20/h1-4,7-8H,5-6,9,20H2,(H,21,22). The van der Waals surface area contributed by atoms with Crippen molar-refractivity contribution in [2.75, 3.05) is 13.1 Å². The highest BCUT2D eigenvalue weighted by atomic mass is 19.1. The van der Waals surface area contributed by atoms with Crippen molar-refractivity contribution in [3.05, 3.63) is 65.0 Å². The van der Waals surface area contributed by atoms with Crippen molar-refractivity contribution in [1.29, 1.82) is 0 Å². The molecule has 0 saturated carbocycles. The molecule has 2 rings (SSSR count). The largest absolute Gasteiger partial charge is 0.489 e. The van der Waals surface area contributed by atoms with Crippen molar-refractivity contribution in [2.45, 2.75) is 6.61 Å². The molecule has 0 atom stereocenters. The second kappa shape index (κ2) is 7.64. The van der Waals surface area contributed by atoms with Gasteiger partial charge in [0, 0.05) is 25.2 Å². The Hall–Kier alpha value is -2.54. The van der Waals surface area contributed by atoms with Crippen LogP contribution in [0.5, 0.6) is 5.75 Å². The van der Waals surface area contributed by atoms with Crippen LogP contribution in [0.15, 0.2) is 36.4 Å². The molecule has 0 heterocycles. The van der Waals surface area contributed by atoms with Crippen molar-refractivity contribution >= 4 is 5.91 Å². The lowest BCUT2D eigenvalue weighted by Crippen LogP contribution is -2.30. The van der Waals surface area contributed by atoms with Gasteiger partial charge in [0.2, 0.25) is 0 Å². The van der Waals surface area contributed by atoms with Crippen LogP contribution in [0, 0.1) is 17.5 Å². The van der Waals surface area contributed by atoms with E-state index in [9.17, 15) is 18.0 Å². The molecular formula is C16H15F3N2O2. The number of nitrogens with two attached hydrogens (primary N) is 1. The van der Waals surface area contributed by atoms with Crippen molar-refractivity contribution in [3.63, 3.8) is 0 Å². The molecule has 0 bridgehead atoms. The highest BCUT2D eigenvalue weighted by Gasteiger charge is 2.18. The van der Waals surface area contributed by atoms with Crippen molar-refractivity contribution in [2.24, 2.45) is 5.73 Å². The van der Waals surface area contributed by atoms with Gasteiger partial charge in [-0.1, -0.05) is 12.1 Å². The van der Waals surface area contributed by atoms with Gasteiger partial charge in [-0.25, -0.2) is 13.2 Å². The van der Waals surface area contributed by atoms with Gasteiger partial charge in [-0.2, -0.15) is 0 Å². The van der Waals surface area contributed by atoms with E-state index < -0.39 is 28.9 Å². The molecule has 1 amide bonds. The smallest absolute Gasteiger partial charge is 0.257 e. The van der Waals surface area contributed by atoms with Crippen molar-refractivity contribution in [3.8, 4) is 5.75 Å². The number of amides is 1. The maximum Gasteiger partial charge on any atom is 0.257 e. The summed E-state index contributed by atoms with van der Waals surface area (Å²) < 4.78 is 45.8. The Labute approximate surface area is 131 Å². The van der Waals surface area contributed by atoms with E-state index in [1.54, 1.807) is 0 Å². The van der Waals surface area contributed by atoms with E-state index in [1.807, 2.05) is 0 Å². The number of hydrogen-bond acceptors (Lipinski definition) is 3. The number of ether oxygens (including phenoxy) is 1. The van der Waals surface area contributed by atoms with Crippen LogP contribution in [-0.4, -0.2) is 19.0 Å². The molecule has 3 N–H and O–H groups in total. The minimum Gasteiger partial charge on any atom is -0.489 e. The van der Waals surface area contributed by atoms with Crippen LogP contribution in [0.25, 0.3) is 0 Å². The lowest BCUT2D eigenvalue weighted by molar-refractivity contribution is 0.0946. The molecular weight excluding hydrogens is 309 g/mol. The summed E-state index contributed by atoms with van der Waals surface area (Å²) in [7, 11) is 0. The monoisotopic (exact) mass is 324 g/mol. The third-order valence-electron chi connectivity index (χ3n) is 2.99. The van der Waals surface area contributed by atoms with Gasteiger partial charge in [-0.3, -0.25) is 4.79 Å². The Bertz CT molecular complexity index is 667. The van der Waals surface area contributed by atoms with Crippen LogP contribution >= 0.6 is 0 Å². The van der Waals surface area contributed by atoms with Crippen molar-refractivity contribution < 1.29 is 22.7 Å². The molecule has 2 aromatic rings. The van der Waals surface area contributed by atoms with Crippen LogP contribution in [0.2, 0.25) is 0 Å². The lowest BCUT2D eigenvalue weighted by atomic mass is 10.1. The highest BCUT2D eigenvalue weighted by Crippen LogP contribution is 2.21. The fourth-order valence-electron chi connectivity index (χ4n) is 1.87. The molecule has 0 aliphatic rings. The van der Waals surface area contributed by atoms with Gasteiger partial charge in [-0.05, 0) is 17.7 Å². The SMILES string of the molecule is NCCNC(=O)c1c(F)cc(OCc2ccc(F)cc2)cc1F. The zero-order valence-electron chi connectivity index (χ0n) is 12.1. The summed E-state index contributed by atoms with van der Waals surface area (Å²) in [6.07, 6.45) is 0. The minimum atomic E-state index is -1.03. The average Bonchev–Trinajstić information content (AvgIpc) is 2.51. The Balaban J connectivity index is 2.09. The molecule has 0 fully saturated rings. The highest BCUT2D eigenvalue weighted by molar-refractivity contribution is 5.94. The maximum absolute atomic E-state index is 13.9. The molecule has 0 aliphatic heterocycles. The molecule has 0 saturated heterocycles. The van der Waals surface area contributed by atoms with E-state index in [-0.39, 0.29) is 25.4 Å². The Morgan fingerprint density at radius 2 is 1.70 bits per heavy atom. The van der Waals surface area contributed by atoms with E-state index in [4.69, 9.17) is 10.5 Å². The first kappa shape index (κ1) is 16.8. The predicted molar refractivity (Wildman–Crippen MR) is 78.5 cm³/mol. The van der Waals surface area contributed by atoms with Crippen LogP contribution in [-0.2, 0) is 6.61 Å². The summed E-state index contributed by atoms with van der Waals surface area (Å²) in [6.45, 7) is 0.284. The number of carbonyl (C=O) groups excluding carboxylic acids is 1. The van der Waals surface area contributed by atoms with Gasteiger partial charge < -0.3 is 15.8 Å². The van der Waals surface area contributed by atoms with Gasteiger partial charge in [0.1, 0.15) is 35.4 Å². The Kier molecular flexibility index (Phi) is 5.59. The lowest BCUT2D eigenvalue weighted by Gasteiger charge is -2.10. The van der Waals surface area contributed by atoms with Crippen LogP contribution in [0.4, 0.5) is 13.2 Å². The summed E-state index contributed by atoms with van der Waals surface area (Å²) >= 11 is 0. The van der Waals surface area contributed by atoms with Gasteiger partial charge in [0.05, 0.1) is 0 Å². The third-order valence-corrected chi connectivity index (χ3v) is 2.99. The number of nitrogens with one attached hydrogen (secondary N) is 1. The van der Waals surface area contributed by atoms with Gasteiger partial charge in [-0.15, -0.1) is 0 Å². The molecule has 4 nitrogen and oxygen atoms in total. The molecule has 23 heavy (non-hydrogen) atoms. The Morgan fingerprint density at radius 1 is 1.09 bits per heavy atom. The first-order valence-corrected chi connectivity index (χ1v) is 6.86. The van der Waals surface area contributed by atoms with Crippen LogP contribution < -0.4 is 15.8 Å². The number of hydrogen-bond donors (Lipinski definition) is 2. The fraction of sp³-hybridized carbons (Fsp3) is 0.188. The average molecular weight is 324 g/mol. The zero-order valence-corrected chi connectivity index (χ0v) is 12.1. The quantitative estimate of drug-likeness (QED) is 0.857. The summed E-state index contributed by atoms with van der Waals surface area (Å²) in [5.74, 6) is -3.41. The molecule has 7 heteroatoms. The third kappa shape index (κ3) is 4.46. The van der Waals surface area contributed by atoms with Crippen molar-refractivity contribution in [1.82, 2.24) is 5.32 Å². The molecule has 0 aliphatic carbocycles. The van der Waals surface area contributed by atoms with Crippen LogP contribution in [0.3, 0.4) is 0 Å². The predicted octanol–water partition coefficient (Wildman–Crippen LogP) is 2.37. The molecule has 0 unspecified atom stereocenters. The van der Waals surface area contributed by atoms with E-state index in [0.717, 1.165) is 12.1 Å². The number of benzene rings is 2.